The van der Waals surface area contributed by atoms with Crippen LogP contribution >= 0.6 is 11.8 Å². The molecular weight excluding hydrogens is 320 g/mol. The minimum absolute atomic E-state index is 0.0617. The molecule has 6 heteroatoms. The molecule has 2 rings (SSSR count). The lowest BCUT2D eigenvalue weighted by atomic mass is 9.95. The third-order valence-electron chi connectivity index (χ3n) is 4.82. The lowest BCUT2D eigenvalue weighted by molar-refractivity contribution is -0.121. The summed E-state index contributed by atoms with van der Waals surface area (Å²) in [5, 5.41) is 3.04. The Bertz CT molecular complexity index is 546. The molecule has 134 valence electrons. The fraction of sp³-hybridized carbons (Fsp3) is 0.722. The molecule has 1 aromatic heterocycles. The second-order valence-electron chi connectivity index (χ2n) is 6.65. The van der Waals surface area contributed by atoms with Gasteiger partial charge in [-0.05, 0) is 32.9 Å². The summed E-state index contributed by atoms with van der Waals surface area (Å²) in [6.45, 7) is 3.99. The number of hydrogen-bond acceptors (Lipinski definition) is 5. The summed E-state index contributed by atoms with van der Waals surface area (Å²) < 4.78 is 0. The summed E-state index contributed by atoms with van der Waals surface area (Å²) in [6, 6.07) is 0.487. The van der Waals surface area contributed by atoms with Gasteiger partial charge in [-0.15, -0.1) is 0 Å². The van der Waals surface area contributed by atoms with Crippen molar-refractivity contribution in [2.45, 2.75) is 64.5 Å². The highest BCUT2D eigenvalue weighted by Crippen LogP contribution is 2.25. The van der Waals surface area contributed by atoms with E-state index in [9.17, 15) is 4.79 Å². The van der Waals surface area contributed by atoms with Gasteiger partial charge in [0.1, 0.15) is 0 Å². The van der Waals surface area contributed by atoms with Crippen LogP contribution in [0.15, 0.2) is 6.20 Å². The molecule has 0 radical (unpaired) electrons. The van der Waals surface area contributed by atoms with Crippen LogP contribution in [0.5, 0.6) is 0 Å². The van der Waals surface area contributed by atoms with E-state index in [4.69, 9.17) is 4.98 Å². The highest BCUT2D eigenvalue weighted by molar-refractivity contribution is 7.98. The van der Waals surface area contributed by atoms with Gasteiger partial charge in [-0.3, -0.25) is 4.79 Å². The van der Waals surface area contributed by atoms with E-state index in [1.807, 2.05) is 26.3 Å². The second-order valence-corrected chi connectivity index (χ2v) is 7.63. The van der Waals surface area contributed by atoms with Gasteiger partial charge in [0.25, 0.3) is 0 Å². The van der Waals surface area contributed by atoms with Gasteiger partial charge in [0.05, 0.1) is 6.04 Å². The fourth-order valence-corrected chi connectivity index (χ4v) is 3.67. The molecule has 0 bridgehead atoms. The Kier molecular flexibility index (Phi) is 7.34. The van der Waals surface area contributed by atoms with E-state index in [0.29, 0.717) is 12.5 Å². The van der Waals surface area contributed by atoms with E-state index in [1.165, 1.54) is 32.1 Å². The lowest BCUT2D eigenvalue weighted by Crippen LogP contribution is -2.35. The minimum Gasteiger partial charge on any atom is -0.349 e. The van der Waals surface area contributed by atoms with Crippen LogP contribution in [0.4, 0.5) is 5.95 Å². The number of hydrogen-bond donors (Lipinski definition) is 1. The van der Waals surface area contributed by atoms with Gasteiger partial charge in [-0.2, -0.15) is 11.8 Å². The number of rotatable bonds is 7. The third kappa shape index (κ3) is 5.10. The summed E-state index contributed by atoms with van der Waals surface area (Å²) in [4.78, 5) is 23.4. The number of amides is 1. The SMILES string of the molecule is CSCCC(=O)NC(C)c1cnc(N(C)C2CCCCC2)nc1C. The van der Waals surface area contributed by atoms with Crippen LogP contribution in [-0.4, -0.2) is 41.0 Å². The maximum absolute atomic E-state index is 11.9. The summed E-state index contributed by atoms with van der Waals surface area (Å²) in [6.07, 6.45) is 10.8. The molecule has 0 saturated heterocycles. The molecule has 1 unspecified atom stereocenters. The van der Waals surface area contributed by atoms with E-state index >= 15 is 0 Å². The monoisotopic (exact) mass is 350 g/mol. The fourth-order valence-electron chi connectivity index (χ4n) is 3.28. The molecule has 1 aliphatic carbocycles. The molecule has 0 aromatic carbocycles. The zero-order chi connectivity index (χ0) is 17.5. The van der Waals surface area contributed by atoms with Gasteiger partial charge < -0.3 is 10.2 Å². The van der Waals surface area contributed by atoms with Crippen LogP contribution in [0.1, 0.15) is 62.7 Å². The predicted octanol–water partition coefficient (Wildman–Crippen LogP) is 3.48. The van der Waals surface area contributed by atoms with Gasteiger partial charge in [-0.25, -0.2) is 9.97 Å². The highest BCUT2D eigenvalue weighted by Gasteiger charge is 2.21. The maximum atomic E-state index is 11.9. The lowest BCUT2D eigenvalue weighted by Gasteiger charge is -2.31. The van der Waals surface area contributed by atoms with Crippen molar-refractivity contribution < 1.29 is 4.79 Å². The quantitative estimate of drug-likeness (QED) is 0.816. The number of carbonyl (C=O) groups is 1. The third-order valence-corrected chi connectivity index (χ3v) is 5.43. The van der Waals surface area contributed by atoms with Crippen molar-refractivity contribution in [3.05, 3.63) is 17.5 Å². The number of anilines is 1. The van der Waals surface area contributed by atoms with Gasteiger partial charge in [0, 0.05) is 42.7 Å². The molecule has 1 fully saturated rings. The van der Waals surface area contributed by atoms with Gasteiger partial charge >= 0.3 is 0 Å². The Morgan fingerprint density at radius 3 is 2.75 bits per heavy atom. The normalized spacial score (nSPS) is 16.7. The Labute approximate surface area is 150 Å². The van der Waals surface area contributed by atoms with Gasteiger partial charge in [0.15, 0.2) is 0 Å². The van der Waals surface area contributed by atoms with Crippen LogP contribution in [0.3, 0.4) is 0 Å². The van der Waals surface area contributed by atoms with Crippen molar-refractivity contribution in [3.63, 3.8) is 0 Å². The molecule has 1 aromatic rings. The van der Waals surface area contributed by atoms with Crippen LogP contribution in [0.25, 0.3) is 0 Å². The number of thioether (sulfide) groups is 1. The maximum Gasteiger partial charge on any atom is 0.225 e. The van der Waals surface area contributed by atoms with Crippen LogP contribution < -0.4 is 10.2 Å². The number of aryl methyl sites for hydroxylation is 1. The molecule has 24 heavy (non-hydrogen) atoms. The highest BCUT2D eigenvalue weighted by atomic mass is 32.2. The van der Waals surface area contributed by atoms with Crippen LogP contribution in [0, 0.1) is 6.92 Å². The smallest absolute Gasteiger partial charge is 0.225 e. The molecule has 5 nitrogen and oxygen atoms in total. The van der Waals surface area contributed by atoms with Crippen molar-refractivity contribution in [2.24, 2.45) is 0 Å². The van der Waals surface area contributed by atoms with E-state index in [2.05, 4.69) is 22.2 Å². The first-order chi connectivity index (χ1) is 11.5. The van der Waals surface area contributed by atoms with Gasteiger partial charge in [-0.1, -0.05) is 19.3 Å². The summed E-state index contributed by atoms with van der Waals surface area (Å²) >= 11 is 1.68. The molecule has 0 aliphatic heterocycles. The number of aromatic nitrogens is 2. The molecule has 1 heterocycles. The second kappa shape index (κ2) is 9.25. The predicted molar refractivity (Wildman–Crippen MR) is 102 cm³/mol. The summed E-state index contributed by atoms with van der Waals surface area (Å²) in [5.74, 6) is 1.72. The molecule has 1 N–H and O–H groups in total. The average Bonchev–Trinajstić information content (AvgIpc) is 2.59. The van der Waals surface area contributed by atoms with Gasteiger partial charge in [0.2, 0.25) is 11.9 Å². The van der Waals surface area contributed by atoms with E-state index in [-0.39, 0.29) is 11.9 Å². The standard InChI is InChI=1S/C18H30N4OS/c1-13(20-17(23)10-11-24-4)16-12-19-18(21-14(16)2)22(3)15-8-6-5-7-9-15/h12-13,15H,5-11H2,1-4H3,(H,20,23). The zero-order valence-electron chi connectivity index (χ0n) is 15.3. The van der Waals surface area contributed by atoms with Crippen LogP contribution in [0.2, 0.25) is 0 Å². The zero-order valence-corrected chi connectivity index (χ0v) is 16.2. The van der Waals surface area contributed by atoms with Crippen molar-refractivity contribution in [1.82, 2.24) is 15.3 Å². The molecule has 1 saturated carbocycles. The van der Waals surface area contributed by atoms with E-state index in [0.717, 1.165) is 23.0 Å². The first-order valence-corrected chi connectivity index (χ1v) is 10.3. The molecule has 0 spiro atoms. The Morgan fingerprint density at radius 1 is 1.42 bits per heavy atom. The van der Waals surface area contributed by atoms with Crippen molar-refractivity contribution in [3.8, 4) is 0 Å². The Hall–Kier alpha value is -1.30. The van der Waals surface area contributed by atoms with Crippen molar-refractivity contribution in [1.29, 1.82) is 0 Å². The van der Waals surface area contributed by atoms with E-state index in [1.54, 1.807) is 11.8 Å². The number of nitrogens with one attached hydrogen (secondary N) is 1. The first-order valence-electron chi connectivity index (χ1n) is 8.87. The largest absolute Gasteiger partial charge is 0.349 e. The van der Waals surface area contributed by atoms with Crippen LogP contribution in [-0.2, 0) is 4.79 Å². The minimum atomic E-state index is -0.0617. The number of nitrogens with zero attached hydrogens (tertiary/aromatic N) is 3. The van der Waals surface area contributed by atoms with Crippen molar-refractivity contribution in [2.75, 3.05) is 24.0 Å². The number of carbonyl (C=O) groups excluding carboxylic acids is 1. The summed E-state index contributed by atoms with van der Waals surface area (Å²) in [5.41, 5.74) is 1.94. The molecule has 1 atom stereocenters. The Balaban J connectivity index is 2.01. The molecule has 1 amide bonds. The average molecular weight is 351 g/mol. The molecular formula is C18H30N4OS. The van der Waals surface area contributed by atoms with Crippen molar-refractivity contribution >= 4 is 23.6 Å². The molecule has 1 aliphatic rings. The first kappa shape index (κ1) is 19.0. The topological polar surface area (TPSA) is 58.1 Å². The Morgan fingerprint density at radius 2 is 2.12 bits per heavy atom. The summed E-state index contributed by atoms with van der Waals surface area (Å²) in [7, 11) is 2.10. The van der Waals surface area contributed by atoms with E-state index < -0.39 is 0 Å².